The Bertz CT molecular complexity index is 729. The van der Waals surface area contributed by atoms with E-state index < -0.39 is 0 Å². The van der Waals surface area contributed by atoms with E-state index in [0.717, 1.165) is 31.9 Å². The van der Waals surface area contributed by atoms with Gasteiger partial charge in [0.05, 0.1) is 4.47 Å². The van der Waals surface area contributed by atoms with Gasteiger partial charge in [0.15, 0.2) is 6.61 Å². The average molecular weight is 428 g/mol. The lowest BCUT2D eigenvalue weighted by Gasteiger charge is -2.10. The Morgan fingerprint density at radius 3 is 2.77 bits per heavy atom. The largest absolute Gasteiger partial charge is 0.483 e. The minimum atomic E-state index is -0.282. The number of rotatable bonds is 5. The lowest BCUT2D eigenvalue weighted by atomic mass is 10.1. The van der Waals surface area contributed by atoms with E-state index in [2.05, 4.69) is 42.4 Å². The van der Waals surface area contributed by atoms with Crippen LogP contribution in [0.4, 0.5) is 0 Å². The van der Waals surface area contributed by atoms with Gasteiger partial charge in [-0.3, -0.25) is 4.79 Å². The van der Waals surface area contributed by atoms with Crippen LogP contribution in [0.25, 0.3) is 10.8 Å². The minimum Gasteiger partial charge on any atom is -0.483 e. The van der Waals surface area contributed by atoms with Gasteiger partial charge in [-0.15, -0.1) is 0 Å². The number of fused-ring (bicyclic) bond motifs is 1. The van der Waals surface area contributed by atoms with Crippen LogP contribution in [-0.4, -0.2) is 18.2 Å². The maximum absolute atomic E-state index is 11.7. The molecule has 2 aromatic carbocycles. The van der Waals surface area contributed by atoms with Crippen molar-refractivity contribution >= 4 is 54.3 Å². The van der Waals surface area contributed by atoms with Gasteiger partial charge in [-0.25, -0.2) is 5.43 Å². The molecule has 0 fully saturated rings. The zero-order chi connectivity index (χ0) is 16.1. The summed E-state index contributed by atoms with van der Waals surface area (Å²) in [5.74, 6) is 0.344. The molecule has 0 aromatic heterocycles. The first kappa shape index (κ1) is 17.0. The SMILES string of the molecule is CC/C(C)=N\NC(=O)COc1ccc2cc(Br)ccc2c1Br. The Balaban J connectivity index is 2.07. The van der Waals surface area contributed by atoms with Crippen molar-refractivity contribution in [3.05, 3.63) is 39.3 Å². The minimum absolute atomic E-state index is 0.0822. The van der Waals surface area contributed by atoms with Crippen LogP contribution in [0.15, 0.2) is 44.4 Å². The molecule has 22 heavy (non-hydrogen) atoms. The van der Waals surface area contributed by atoms with Crippen LogP contribution < -0.4 is 10.2 Å². The topological polar surface area (TPSA) is 50.7 Å². The number of carbonyl (C=O) groups is 1. The van der Waals surface area contributed by atoms with Crippen LogP contribution >= 0.6 is 31.9 Å². The molecular formula is C16H16Br2N2O2. The summed E-state index contributed by atoms with van der Waals surface area (Å²) in [4.78, 5) is 11.7. The number of ether oxygens (including phenoxy) is 1. The summed E-state index contributed by atoms with van der Waals surface area (Å²) in [6, 6.07) is 9.78. The summed E-state index contributed by atoms with van der Waals surface area (Å²) in [5.41, 5.74) is 3.34. The zero-order valence-electron chi connectivity index (χ0n) is 12.3. The number of hydrazone groups is 1. The monoisotopic (exact) mass is 426 g/mol. The van der Waals surface area contributed by atoms with Crippen molar-refractivity contribution in [2.24, 2.45) is 5.10 Å². The lowest BCUT2D eigenvalue weighted by Crippen LogP contribution is -2.25. The highest BCUT2D eigenvalue weighted by molar-refractivity contribution is 9.11. The predicted molar refractivity (Wildman–Crippen MR) is 96.4 cm³/mol. The third-order valence-electron chi connectivity index (χ3n) is 3.12. The van der Waals surface area contributed by atoms with Gasteiger partial charge in [0.25, 0.3) is 5.91 Å². The molecule has 4 nitrogen and oxygen atoms in total. The molecule has 0 radical (unpaired) electrons. The summed E-state index contributed by atoms with van der Waals surface area (Å²) in [6.45, 7) is 3.76. The van der Waals surface area contributed by atoms with E-state index in [0.29, 0.717) is 5.75 Å². The van der Waals surface area contributed by atoms with Crippen molar-refractivity contribution in [3.8, 4) is 5.75 Å². The van der Waals surface area contributed by atoms with Crippen molar-refractivity contribution in [3.63, 3.8) is 0 Å². The molecule has 116 valence electrons. The van der Waals surface area contributed by atoms with Crippen molar-refractivity contribution in [1.82, 2.24) is 5.43 Å². The summed E-state index contributed by atoms with van der Waals surface area (Å²) in [6.07, 6.45) is 0.799. The van der Waals surface area contributed by atoms with E-state index in [9.17, 15) is 4.79 Å². The Morgan fingerprint density at radius 2 is 2.05 bits per heavy atom. The highest BCUT2D eigenvalue weighted by atomic mass is 79.9. The van der Waals surface area contributed by atoms with E-state index in [4.69, 9.17) is 4.74 Å². The van der Waals surface area contributed by atoms with Gasteiger partial charge in [0, 0.05) is 10.2 Å². The van der Waals surface area contributed by atoms with Gasteiger partial charge in [-0.05, 0) is 58.2 Å². The van der Waals surface area contributed by atoms with Gasteiger partial charge < -0.3 is 4.74 Å². The Labute approximate surface area is 146 Å². The van der Waals surface area contributed by atoms with Gasteiger partial charge in [-0.1, -0.05) is 35.0 Å². The van der Waals surface area contributed by atoms with Crippen LogP contribution in [0.5, 0.6) is 5.75 Å². The highest BCUT2D eigenvalue weighted by Gasteiger charge is 2.09. The van der Waals surface area contributed by atoms with Gasteiger partial charge in [0.2, 0.25) is 0 Å². The van der Waals surface area contributed by atoms with Gasteiger partial charge in [0.1, 0.15) is 5.75 Å². The molecule has 0 aliphatic rings. The molecule has 0 saturated heterocycles. The molecule has 6 heteroatoms. The number of nitrogens with zero attached hydrogens (tertiary/aromatic N) is 1. The maximum Gasteiger partial charge on any atom is 0.277 e. The fourth-order valence-electron chi connectivity index (χ4n) is 1.77. The number of hydrogen-bond acceptors (Lipinski definition) is 3. The van der Waals surface area contributed by atoms with E-state index >= 15 is 0 Å². The van der Waals surface area contributed by atoms with E-state index in [-0.39, 0.29) is 12.5 Å². The van der Waals surface area contributed by atoms with Crippen LogP contribution in [0.3, 0.4) is 0 Å². The molecule has 2 aromatic rings. The number of halogens is 2. The quantitative estimate of drug-likeness (QED) is 0.557. The molecule has 1 amide bonds. The Hall–Kier alpha value is -1.40. The second-order valence-electron chi connectivity index (χ2n) is 4.77. The predicted octanol–water partition coefficient (Wildman–Crippen LogP) is 4.65. The fourth-order valence-corrected chi connectivity index (χ4v) is 2.75. The first-order valence-electron chi connectivity index (χ1n) is 6.84. The third-order valence-corrected chi connectivity index (χ3v) is 4.43. The summed E-state index contributed by atoms with van der Waals surface area (Å²) >= 11 is 6.98. The number of amides is 1. The van der Waals surface area contributed by atoms with Crippen molar-refractivity contribution in [2.45, 2.75) is 20.3 Å². The molecule has 2 rings (SSSR count). The van der Waals surface area contributed by atoms with E-state index in [1.807, 2.05) is 44.2 Å². The van der Waals surface area contributed by atoms with Crippen LogP contribution in [0.1, 0.15) is 20.3 Å². The van der Waals surface area contributed by atoms with E-state index in [1.54, 1.807) is 0 Å². The molecular weight excluding hydrogens is 412 g/mol. The molecule has 0 aliphatic heterocycles. The van der Waals surface area contributed by atoms with Crippen LogP contribution in [0.2, 0.25) is 0 Å². The van der Waals surface area contributed by atoms with Crippen molar-refractivity contribution < 1.29 is 9.53 Å². The molecule has 0 atom stereocenters. The summed E-state index contributed by atoms with van der Waals surface area (Å²) in [7, 11) is 0. The van der Waals surface area contributed by atoms with Gasteiger partial charge >= 0.3 is 0 Å². The molecule has 0 bridgehead atoms. The first-order chi connectivity index (χ1) is 10.5. The van der Waals surface area contributed by atoms with Crippen LogP contribution in [-0.2, 0) is 4.79 Å². The third kappa shape index (κ3) is 4.30. The number of benzene rings is 2. The number of carbonyl (C=O) groups excluding carboxylic acids is 1. The average Bonchev–Trinajstić information content (AvgIpc) is 2.51. The molecule has 0 heterocycles. The normalized spacial score (nSPS) is 11.5. The molecule has 0 spiro atoms. The number of hydrogen-bond donors (Lipinski definition) is 1. The zero-order valence-corrected chi connectivity index (χ0v) is 15.5. The van der Waals surface area contributed by atoms with E-state index in [1.165, 1.54) is 0 Å². The summed E-state index contributed by atoms with van der Waals surface area (Å²) in [5, 5.41) is 6.07. The first-order valence-corrected chi connectivity index (χ1v) is 8.42. The molecule has 0 unspecified atom stereocenters. The Morgan fingerprint density at radius 1 is 1.27 bits per heavy atom. The van der Waals surface area contributed by atoms with Gasteiger partial charge in [-0.2, -0.15) is 5.10 Å². The standard InChI is InChI=1S/C16H16Br2N2O2/c1-3-10(2)19-20-15(21)9-22-14-7-4-11-8-12(17)5-6-13(11)16(14)18/h4-8H,3,9H2,1-2H3,(H,20,21)/b19-10-. The maximum atomic E-state index is 11.7. The second kappa shape index (κ2) is 7.74. The summed E-state index contributed by atoms with van der Waals surface area (Å²) < 4.78 is 7.41. The lowest BCUT2D eigenvalue weighted by molar-refractivity contribution is -0.123. The van der Waals surface area contributed by atoms with Crippen LogP contribution in [0, 0.1) is 0 Å². The molecule has 1 N–H and O–H groups in total. The smallest absolute Gasteiger partial charge is 0.277 e. The fraction of sp³-hybridized carbons (Fsp3) is 0.250. The second-order valence-corrected chi connectivity index (χ2v) is 6.48. The molecule has 0 saturated carbocycles. The highest BCUT2D eigenvalue weighted by Crippen LogP contribution is 2.34. The number of nitrogens with one attached hydrogen (secondary N) is 1. The van der Waals surface area contributed by atoms with Crippen molar-refractivity contribution in [1.29, 1.82) is 0 Å². The molecule has 0 aliphatic carbocycles. The van der Waals surface area contributed by atoms with Crippen molar-refractivity contribution in [2.75, 3.05) is 6.61 Å². The Kier molecular flexibility index (Phi) is 5.97.